The zero-order valence-corrected chi connectivity index (χ0v) is 4.62. The molecule has 1 rings (SSSR count). The van der Waals surface area contributed by atoms with Crippen molar-refractivity contribution < 1.29 is 10.2 Å². The van der Waals surface area contributed by atoms with Crippen molar-refractivity contribution in [1.29, 1.82) is 0 Å². The van der Waals surface area contributed by atoms with Gasteiger partial charge in [0.1, 0.15) is 0 Å². The Hall–Kier alpha value is -0.340. The highest BCUT2D eigenvalue weighted by atomic mass is 16.3. The fourth-order valence-electron chi connectivity index (χ4n) is 0.790. The van der Waals surface area contributed by atoms with Gasteiger partial charge in [-0.1, -0.05) is 12.2 Å². The second kappa shape index (κ2) is 2.29. The summed E-state index contributed by atoms with van der Waals surface area (Å²) in [5.74, 6) is 0. The highest BCUT2D eigenvalue weighted by Crippen LogP contribution is 2.09. The van der Waals surface area contributed by atoms with E-state index < -0.39 is 0 Å². The average molecular weight is 114 g/mol. The summed E-state index contributed by atoms with van der Waals surface area (Å²) in [7, 11) is 0. The first-order valence-electron chi connectivity index (χ1n) is 2.83. The summed E-state index contributed by atoms with van der Waals surface area (Å²) in [6.45, 7) is 0. The Labute approximate surface area is 48.5 Å². The maximum absolute atomic E-state index is 8.83. The van der Waals surface area contributed by atoms with Gasteiger partial charge in [0, 0.05) is 0 Å². The summed E-state index contributed by atoms with van der Waals surface area (Å²) in [5, 5.41) is 17.7. The third-order valence-electron chi connectivity index (χ3n) is 1.31. The van der Waals surface area contributed by atoms with Crippen molar-refractivity contribution in [2.24, 2.45) is 0 Å². The smallest absolute Gasteiger partial charge is 0.0722 e. The number of rotatable bonds is 0. The molecule has 0 aromatic carbocycles. The molecule has 0 aromatic heterocycles. The van der Waals surface area contributed by atoms with Crippen LogP contribution in [-0.2, 0) is 0 Å². The highest BCUT2D eigenvalue weighted by molar-refractivity contribution is 4.98. The van der Waals surface area contributed by atoms with Gasteiger partial charge in [0.25, 0.3) is 0 Å². The van der Waals surface area contributed by atoms with Crippen LogP contribution in [0.5, 0.6) is 0 Å². The monoisotopic (exact) mass is 114 g/mol. The predicted octanol–water partition coefficient (Wildman–Crippen LogP) is 0.0582. The van der Waals surface area contributed by atoms with Gasteiger partial charge in [-0.3, -0.25) is 0 Å². The van der Waals surface area contributed by atoms with Gasteiger partial charge >= 0.3 is 0 Å². The van der Waals surface area contributed by atoms with Crippen LogP contribution in [0, 0.1) is 0 Å². The number of hydrogen-bond acceptors (Lipinski definition) is 2. The Bertz CT molecular complexity index is 86.7. The average Bonchev–Trinajstić information content (AvgIpc) is 1.77. The molecule has 2 nitrogen and oxygen atoms in total. The van der Waals surface area contributed by atoms with Gasteiger partial charge in [-0.05, 0) is 12.8 Å². The molecule has 0 fully saturated rings. The Kier molecular flexibility index (Phi) is 1.65. The molecule has 0 bridgehead atoms. The van der Waals surface area contributed by atoms with E-state index in [0.29, 0.717) is 12.8 Å². The predicted molar refractivity (Wildman–Crippen MR) is 30.4 cm³/mol. The van der Waals surface area contributed by atoms with E-state index in [1.54, 1.807) is 12.2 Å². The van der Waals surface area contributed by atoms with Crippen LogP contribution >= 0.6 is 0 Å². The van der Waals surface area contributed by atoms with Crippen LogP contribution < -0.4 is 0 Å². The van der Waals surface area contributed by atoms with Crippen LogP contribution in [0.3, 0.4) is 0 Å². The first kappa shape index (κ1) is 5.79. The SMILES string of the molecule is O[C@@H]1C=C[C@@H](O)CC1. The van der Waals surface area contributed by atoms with Crippen molar-refractivity contribution in [2.45, 2.75) is 25.0 Å². The standard InChI is InChI=1S/C6H10O2/c7-5-1-2-6(8)4-3-5/h1-2,5-8H,3-4H2/t5-,6-/m1/s1. The van der Waals surface area contributed by atoms with Crippen LogP contribution in [-0.4, -0.2) is 22.4 Å². The van der Waals surface area contributed by atoms with E-state index in [-0.39, 0.29) is 12.2 Å². The molecule has 8 heavy (non-hydrogen) atoms. The molecule has 2 heteroatoms. The molecule has 0 heterocycles. The van der Waals surface area contributed by atoms with E-state index in [9.17, 15) is 0 Å². The molecule has 1 aliphatic carbocycles. The molecular weight excluding hydrogens is 104 g/mol. The lowest BCUT2D eigenvalue weighted by Gasteiger charge is -2.13. The normalized spacial score (nSPS) is 37.8. The maximum Gasteiger partial charge on any atom is 0.0722 e. The van der Waals surface area contributed by atoms with Gasteiger partial charge in [0.15, 0.2) is 0 Å². The third kappa shape index (κ3) is 1.32. The molecular formula is C6H10O2. The zero-order chi connectivity index (χ0) is 5.98. The topological polar surface area (TPSA) is 40.5 Å². The maximum atomic E-state index is 8.83. The minimum absolute atomic E-state index is 0.321. The number of aliphatic hydroxyl groups is 2. The summed E-state index contributed by atoms with van der Waals surface area (Å²) in [4.78, 5) is 0. The van der Waals surface area contributed by atoms with Crippen LogP contribution in [0.15, 0.2) is 12.2 Å². The van der Waals surface area contributed by atoms with E-state index in [2.05, 4.69) is 0 Å². The Morgan fingerprint density at radius 2 is 1.38 bits per heavy atom. The zero-order valence-electron chi connectivity index (χ0n) is 4.62. The van der Waals surface area contributed by atoms with Crippen molar-refractivity contribution >= 4 is 0 Å². The van der Waals surface area contributed by atoms with Gasteiger partial charge in [-0.2, -0.15) is 0 Å². The molecule has 1 aliphatic rings. The number of hydrogen-bond donors (Lipinski definition) is 2. The summed E-state index contributed by atoms with van der Waals surface area (Å²) < 4.78 is 0. The fraction of sp³-hybridized carbons (Fsp3) is 0.667. The van der Waals surface area contributed by atoms with E-state index in [1.807, 2.05) is 0 Å². The molecule has 2 atom stereocenters. The summed E-state index contributed by atoms with van der Waals surface area (Å²) >= 11 is 0. The molecule has 0 radical (unpaired) electrons. The first-order chi connectivity index (χ1) is 3.79. The number of aliphatic hydroxyl groups excluding tert-OH is 2. The minimum atomic E-state index is -0.321. The van der Waals surface area contributed by atoms with Crippen molar-refractivity contribution in [1.82, 2.24) is 0 Å². The molecule has 0 spiro atoms. The molecule has 2 N–H and O–H groups in total. The Morgan fingerprint density at radius 1 is 1.00 bits per heavy atom. The highest BCUT2D eigenvalue weighted by Gasteiger charge is 2.09. The first-order valence-corrected chi connectivity index (χ1v) is 2.83. The largest absolute Gasteiger partial charge is 0.389 e. The minimum Gasteiger partial charge on any atom is -0.389 e. The summed E-state index contributed by atoms with van der Waals surface area (Å²) in [6, 6.07) is 0. The lowest BCUT2D eigenvalue weighted by atomic mass is 10.0. The van der Waals surface area contributed by atoms with E-state index >= 15 is 0 Å². The van der Waals surface area contributed by atoms with Gasteiger partial charge in [0.2, 0.25) is 0 Å². The summed E-state index contributed by atoms with van der Waals surface area (Å²) in [6.07, 6.45) is 4.01. The lowest BCUT2D eigenvalue weighted by Crippen LogP contribution is -2.14. The molecule has 0 amide bonds. The Morgan fingerprint density at radius 3 is 1.62 bits per heavy atom. The molecule has 0 unspecified atom stereocenters. The van der Waals surface area contributed by atoms with Gasteiger partial charge in [0.05, 0.1) is 12.2 Å². The second-order valence-electron chi connectivity index (χ2n) is 2.10. The molecule has 0 aromatic rings. The summed E-state index contributed by atoms with van der Waals surface area (Å²) in [5.41, 5.74) is 0. The lowest BCUT2D eigenvalue weighted by molar-refractivity contribution is 0.146. The van der Waals surface area contributed by atoms with Crippen molar-refractivity contribution in [3.8, 4) is 0 Å². The second-order valence-corrected chi connectivity index (χ2v) is 2.10. The Balaban J connectivity index is 2.42. The molecule has 0 saturated carbocycles. The van der Waals surface area contributed by atoms with Crippen molar-refractivity contribution in [3.05, 3.63) is 12.2 Å². The van der Waals surface area contributed by atoms with Crippen molar-refractivity contribution in [2.75, 3.05) is 0 Å². The molecule has 0 saturated heterocycles. The van der Waals surface area contributed by atoms with Crippen molar-refractivity contribution in [3.63, 3.8) is 0 Å². The van der Waals surface area contributed by atoms with E-state index in [4.69, 9.17) is 10.2 Å². The molecule has 46 valence electrons. The quantitative estimate of drug-likeness (QED) is 0.437. The fourth-order valence-corrected chi connectivity index (χ4v) is 0.790. The van der Waals surface area contributed by atoms with E-state index in [0.717, 1.165) is 0 Å². The van der Waals surface area contributed by atoms with Crippen LogP contribution in [0.1, 0.15) is 12.8 Å². The van der Waals surface area contributed by atoms with Gasteiger partial charge in [-0.25, -0.2) is 0 Å². The van der Waals surface area contributed by atoms with Gasteiger partial charge < -0.3 is 10.2 Å². The van der Waals surface area contributed by atoms with Crippen LogP contribution in [0.2, 0.25) is 0 Å². The van der Waals surface area contributed by atoms with E-state index in [1.165, 1.54) is 0 Å². The van der Waals surface area contributed by atoms with Crippen LogP contribution in [0.25, 0.3) is 0 Å². The van der Waals surface area contributed by atoms with Gasteiger partial charge in [-0.15, -0.1) is 0 Å². The third-order valence-corrected chi connectivity index (χ3v) is 1.31. The van der Waals surface area contributed by atoms with Crippen LogP contribution in [0.4, 0.5) is 0 Å². The molecule has 0 aliphatic heterocycles.